The maximum absolute atomic E-state index is 12.9. The van der Waals surface area contributed by atoms with Crippen LogP contribution in [0, 0.1) is 5.82 Å². The summed E-state index contributed by atoms with van der Waals surface area (Å²) in [7, 11) is 0. The zero-order valence-electron chi connectivity index (χ0n) is 13.3. The van der Waals surface area contributed by atoms with Gasteiger partial charge in [0.2, 0.25) is 11.0 Å². The van der Waals surface area contributed by atoms with E-state index in [9.17, 15) is 9.18 Å². The molecule has 12 heteroatoms. The maximum atomic E-state index is 12.9. The molecule has 3 rings (SSSR count). The lowest BCUT2D eigenvalue weighted by atomic mass is 10.2. The molecular weight excluding hydrogens is 434 g/mol. The summed E-state index contributed by atoms with van der Waals surface area (Å²) >= 11 is 7.11. The first kappa shape index (κ1) is 19.5. The molecule has 0 saturated carbocycles. The van der Waals surface area contributed by atoms with Crippen molar-refractivity contribution in [3.63, 3.8) is 0 Å². The van der Waals surface area contributed by atoms with E-state index in [1.54, 1.807) is 12.1 Å². The zero-order chi connectivity index (χ0) is 18.4. The van der Waals surface area contributed by atoms with E-state index < -0.39 is 0 Å². The van der Waals surface area contributed by atoms with E-state index in [2.05, 4.69) is 25.7 Å². The molecule has 0 unspecified atom stereocenters. The fourth-order valence-corrected chi connectivity index (χ4v) is 5.63. The molecule has 0 radical (unpaired) electrons. The van der Waals surface area contributed by atoms with Crippen LogP contribution in [0.4, 0.5) is 9.52 Å². The SMILES string of the molecule is CSc1nnc(NC(=O)CSc2nnc(SCc3ccc(F)cc3)s2)s1. The summed E-state index contributed by atoms with van der Waals surface area (Å²) in [6.45, 7) is 0. The second-order valence-corrected chi connectivity index (χ2v) is 10.1. The number of benzene rings is 1. The van der Waals surface area contributed by atoms with Crippen molar-refractivity contribution in [1.82, 2.24) is 20.4 Å². The monoisotopic (exact) mass is 445 g/mol. The van der Waals surface area contributed by atoms with Crippen molar-refractivity contribution in [2.45, 2.75) is 18.8 Å². The molecule has 3 aromatic rings. The summed E-state index contributed by atoms with van der Waals surface area (Å²) < 4.78 is 15.2. The number of carbonyl (C=O) groups is 1. The number of carbonyl (C=O) groups excluding carboxylic acids is 1. The summed E-state index contributed by atoms with van der Waals surface area (Å²) in [5.74, 6) is 0.514. The standard InChI is InChI=1S/C14H12FN5OS5/c1-22-12-18-17-11(25-12)16-10(21)7-24-14-20-19-13(26-14)23-6-8-2-4-9(15)5-3-8/h2-5H,6-7H2,1H3,(H,16,17,21). The Hall–Kier alpha value is -1.21. The van der Waals surface area contributed by atoms with Gasteiger partial charge in [-0.2, -0.15) is 0 Å². The van der Waals surface area contributed by atoms with Gasteiger partial charge >= 0.3 is 0 Å². The molecule has 1 amide bonds. The molecule has 0 aliphatic carbocycles. The van der Waals surface area contributed by atoms with Gasteiger partial charge < -0.3 is 0 Å². The smallest absolute Gasteiger partial charge is 0.236 e. The van der Waals surface area contributed by atoms with Crippen LogP contribution >= 0.6 is 58.0 Å². The van der Waals surface area contributed by atoms with Gasteiger partial charge in [-0.3, -0.25) is 10.1 Å². The van der Waals surface area contributed by atoms with Crippen molar-refractivity contribution in [3.05, 3.63) is 35.6 Å². The quantitative estimate of drug-likeness (QED) is 0.407. The molecule has 0 aliphatic rings. The summed E-state index contributed by atoms with van der Waals surface area (Å²) in [6, 6.07) is 6.38. The molecule has 1 aromatic carbocycles. The number of amides is 1. The van der Waals surface area contributed by atoms with Crippen LogP contribution in [0.25, 0.3) is 0 Å². The molecule has 2 heterocycles. The number of nitrogens with zero attached hydrogens (tertiary/aromatic N) is 4. The van der Waals surface area contributed by atoms with Gasteiger partial charge in [-0.05, 0) is 24.0 Å². The predicted octanol–water partition coefficient (Wildman–Crippen LogP) is 4.27. The second-order valence-electron chi connectivity index (χ2n) is 4.66. The zero-order valence-corrected chi connectivity index (χ0v) is 17.4. The lowest BCUT2D eigenvalue weighted by molar-refractivity contribution is -0.113. The largest absolute Gasteiger partial charge is 0.300 e. The van der Waals surface area contributed by atoms with Gasteiger partial charge in [0.1, 0.15) is 5.82 Å². The molecule has 0 aliphatic heterocycles. The number of thioether (sulfide) groups is 3. The van der Waals surface area contributed by atoms with E-state index in [0.717, 1.165) is 18.6 Å². The average molecular weight is 446 g/mol. The van der Waals surface area contributed by atoms with Gasteiger partial charge in [-0.1, -0.05) is 70.1 Å². The number of nitrogens with one attached hydrogen (secondary N) is 1. The number of anilines is 1. The fourth-order valence-electron chi connectivity index (χ4n) is 1.66. The first-order chi connectivity index (χ1) is 12.6. The number of aromatic nitrogens is 4. The first-order valence-corrected chi connectivity index (χ1v) is 12.0. The van der Waals surface area contributed by atoms with E-state index in [1.165, 1.54) is 70.1 Å². The van der Waals surface area contributed by atoms with Crippen molar-refractivity contribution >= 4 is 69.0 Å². The molecule has 136 valence electrons. The van der Waals surface area contributed by atoms with Crippen molar-refractivity contribution in [2.24, 2.45) is 0 Å². The Morgan fingerprint density at radius 1 is 1.04 bits per heavy atom. The second kappa shape index (κ2) is 9.65. The molecule has 1 N–H and O–H groups in total. The van der Waals surface area contributed by atoms with Crippen molar-refractivity contribution in [2.75, 3.05) is 17.3 Å². The van der Waals surface area contributed by atoms with Gasteiger partial charge in [0.15, 0.2) is 13.0 Å². The third-order valence-electron chi connectivity index (χ3n) is 2.82. The third-order valence-corrected chi connectivity index (χ3v) is 7.89. The Morgan fingerprint density at radius 3 is 2.42 bits per heavy atom. The predicted molar refractivity (Wildman–Crippen MR) is 107 cm³/mol. The maximum Gasteiger partial charge on any atom is 0.236 e. The Bertz CT molecular complexity index is 869. The van der Waals surface area contributed by atoms with Crippen LogP contribution in [0.2, 0.25) is 0 Å². The van der Waals surface area contributed by atoms with E-state index in [0.29, 0.717) is 10.9 Å². The number of hydrogen-bond donors (Lipinski definition) is 1. The normalized spacial score (nSPS) is 10.8. The molecular formula is C14H12FN5OS5. The molecule has 0 fully saturated rings. The summed E-state index contributed by atoms with van der Waals surface area (Å²) in [6.07, 6.45) is 1.91. The Balaban J connectivity index is 1.44. The highest BCUT2D eigenvalue weighted by Crippen LogP contribution is 2.31. The molecule has 6 nitrogen and oxygen atoms in total. The minimum Gasteiger partial charge on any atom is -0.300 e. The van der Waals surface area contributed by atoms with Crippen molar-refractivity contribution < 1.29 is 9.18 Å². The fraction of sp³-hybridized carbons (Fsp3) is 0.214. The lowest BCUT2D eigenvalue weighted by Gasteiger charge is -1.98. The van der Waals surface area contributed by atoms with Crippen LogP contribution in [0.3, 0.4) is 0 Å². The van der Waals surface area contributed by atoms with Crippen LogP contribution in [0.15, 0.2) is 37.3 Å². The van der Waals surface area contributed by atoms with Gasteiger partial charge in [0.05, 0.1) is 5.75 Å². The number of halogens is 1. The number of hydrogen-bond acceptors (Lipinski definition) is 10. The van der Waals surface area contributed by atoms with Crippen LogP contribution in [-0.2, 0) is 10.5 Å². The van der Waals surface area contributed by atoms with Crippen molar-refractivity contribution in [3.8, 4) is 0 Å². The molecule has 0 atom stereocenters. The molecule has 26 heavy (non-hydrogen) atoms. The van der Waals surface area contributed by atoms with E-state index >= 15 is 0 Å². The summed E-state index contributed by atoms with van der Waals surface area (Å²) in [4.78, 5) is 11.9. The number of rotatable bonds is 8. The molecule has 0 bridgehead atoms. The van der Waals surface area contributed by atoms with E-state index in [-0.39, 0.29) is 17.5 Å². The van der Waals surface area contributed by atoms with E-state index in [1.807, 2.05) is 6.26 Å². The van der Waals surface area contributed by atoms with Gasteiger partial charge in [-0.25, -0.2) is 4.39 Å². The van der Waals surface area contributed by atoms with Crippen LogP contribution in [0.5, 0.6) is 0 Å². The average Bonchev–Trinajstić information content (AvgIpc) is 3.28. The topological polar surface area (TPSA) is 80.7 Å². The highest BCUT2D eigenvalue weighted by Gasteiger charge is 2.11. The molecule has 0 spiro atoms. The molecule has 0 saturated heterocycles. The van der Waals surface area contributed by atoms with Crippen LogP contribution in [-0.4, -0.2) is 38.3 Å². The van der Waals surface area contributed by atoms with Gasteiger partial charge in [0, 0.05) is 5.75 Å². The van der Waals surface area contributed by atoms with Gasteiger partial charge in [0.25, 0.3) is 0 Å². The summed E-state index contributed by atoms with van der Waals surface area (Å²) in [5.41, 5.74) is 1.02. The van der Waals surface area contributed by atoms with E-state index in [4.69, 9.17) is 0 Å². The third kappa shape index (κ3) is 5.91. The Morgan fingerprint density at radius 2 is 1.73 bits per heavy atom. The highest BCUT2D eigenvalue weighted by molar-refractivity contribution is 8.03. The molecule has 2 aromatic heterocycles. The minimum atomic E-state index is -0.246. The Labute approximate surface area is 169 Å². The van der Waals surface area contributed by atoms with Gasteiger partial charge in [-0.15, -0.1) is 20.4 Å². The first-order valence-electron chi connectivity index (χ1n) is 7.13. The van der Waals surface area contributed by atoms with Crippen LogP contribution < -0.4 is 5.32 Å². The highest BCUT2D eigenvalue weighted by atomic mass is 32.2. The summed E-state index contributed by atoms with van der Waals surface area (Å²) in [5, 5.41) is 19.2. The van der Waals surface area contributed by atoms with Crippen molar-refractivity contribution in [1.29, 1.82) is 0 Å². The van der Waals surface area contributed by atoms with Crippen LogP contribution in [0.1, 0.15) is 5.56 Å². The minimum absolute atomic E-state index is 0.158. The lowest BCUT2D eigenvalue weighted by Crippen LogP contribution is -2.13. The Kier molecular flexibility index (Phi) is 7.25.